The van der Waals surface area contributed by atoms with E-state index in [0.717, 1.165) is 5.56 Å². The van der Waals surface area contributed by atoms with Crippen molar-refractivity contribution in [2.45, 2.75) is 0 Å². The fraction of sp³-hybridized carbons (Fsp3) is 0. The summed E-state index contributed by atoms with van der Waals surface area (Å²) in [6.45, 7) is 0. The molecule has 0 saturated carbocycles. The second-order valence-electron chi connectivity index (χ2n) is 2.67. The SMILES string of the molecule is Clc1ccc(/C=N/Nc2nnn[nH]2)cc1. The van der Waals surface area contributed by atoms with Gasteiger partial charge >= 0.3 is 0 Å². The highest BCUT2D eigenvalue weighted by Crippen LogP contribution is 2.07. The molecule has 0 atom stereocenters. The molecular weight excluding hydrogens is 216 g/mol. The van der Waals surface area contributed by atoms with Gasteiger partial charge in [-0.05, 0) is 28.1 Å². The van der Waals surface area contributed by atoms with Crippen LogP contribution in [0.1, 0.15) is 5.56 Å². The minimum atomic E-state index is 0.389. The highest BCUT2D eigenvalue weighted by Gasteiger charge is 1.91. The third-order valence-electron chi connectivity index (χ3n) is 1.60. The van der Waals surface area contributed by atoms with Gasteiger partial charge in [-0.2, -0.15) is 5.10 Å². The van der Waals surface area contributed by atoms with Crippen LogP contribution in [0.25, 0.3) is 0 Å². The molecule has 1 heterocycles. The summed E-state index contributed by atoms with van der Waals surface area (Å²) in [6.07, 6.45) is 1.64. The molecule has 2 N–H and O–H groups in total. The average Bonchev–Trinajstić information content (AvgIpc) is 2.74. The van der Waals surface area contributed by atoms with Gasteiger partial charge in [0.25, 0.3) is 5.95 Å². The van der Waals surface area contributed by atoms with Crippen molar-refractivity contribution in [2.24, 2.45) is 5.10 Å². The van der Waals surface area contributed by atoms with Crippen molar-refractivity contribution < 1.29 is 0 Å². The zero-order valence-corrected chi connectivity index (χ0v) is 8.31. The van der Waals surface area contributed by atoms with Crippen LogP contribution < -0.4 is 5.43 Å². The first-order valence-electron chi connectivity index (χ1n) is 4.13. The molecule has 76 valence electrons. The molecule has 0 aliphatic carbocycles. The monoisotopic (exact) mass is 222 g/mol. The number of rotatable bonds is 3. The molecule has 6 nitrogen and oxygen atoms in total. The smallest absolute Gasteiger partial charge is 0.244 e. The van der Waals surface area contributed by atoms with Crippen LogP contribution in [0.4, 0.5) is 5.95 Å². The highest BCUT2D eigenvalue weighted by molar-refractivity contribution is 6.30. The van der Waals surface area contributed by atoms with Crippen molar-refractivity contribution in [3.63, 3.8) is 0 Å². The molecule has 0 amide bonds. The minimum Gasteiger partial charge on any atom is -0.244 e. The van der Waals surface area contributed by atoms with E-state index in [4.69, 9.17) is 11.6 Å². The third kappa shape index (κ3) is 2.75. The Morgan fingerprint density at radius 2 is 2.13 bits per heavy atom. The Morgan fingerprint density at radius 3 is 2.80 bits per heavy atom. The quantitative estimate of drug-likeness (QED) is 0.606. The molecule has 0 bridgehead atoms. The van der Waals surface area contributed by atoms with Gasteiger partial charge in [0, 0.05) is 5.02 Å². The number of anilines is 1. The number of hydrazone groups is 1. The first-order chi connectivity index (χ1) is 7.34. The normalized spacial score (nSPS) is 10.7. The zero-order chi connectivity index (χ0) is 10.5. The number of nitrogens with one attached hydrogen (secondary N) is 2. The molecule has 1 aromatic carbocycles. The number of hydrogen-bond acceptors (Lipinski definition) is 5. The largest absolute Gasteiger partial charge is 0.260 e. The van der Waals surface area contributed by atoms with E-state index >= 15 is 0 Å². The Bertz CT molecular complexity index is 435. The van der Waals surface area contributed by atoms with Crippen LogP contribution in [0, 0.1) is 0 Å². The van der Waals surface area contributed by atoms with Gasteiger partial charge in [0.05, 0.1) is 6.21 Å². The van der Waals surface area contributed by atoms with E-state index in [1.54, 1.807) is 18.3 Å². The third-order valence-corrected chi connectivity index (χ3v) is 1.85. The first-order valence-corrected chi connectivity index (χ1v) is 4.51. The maximum absolute atomic E-state index is 5.74. The lowest BCUT2D eigenvalue weighted by molar-refractivity contribution is 0.881. The second kappa shape index (κ2) is 4.52. The van der Waals surface area contributed by atoms with Crippen LogP contribution in [-0.4, -0.2) is 26.8 Å². The number of nitrogens with zero attached hydrogens (tertiary/aromatic N) is 4. The summed E-state index contributed by atoms with van der Waals surface area (Å²) in [7, 11) is 0. The Kier molecular flexibility index (Phi) is 2.89. The van der Waals surface area contributed by atoms with Gasteiger partial charge in [-0.1, -0.05) is 28.8 Å². The van der Waals surface area contributed by atoms with E-state index in [1.165, 1.54) is 0 Å². The van der Waals surface area contributed by atoms with Crippen LogP contribution >= 0.6 is 11.6 Å². The first kappa shape index (κ1) is 9.60. The van der Waals surface area contributed by atoms with E-state index in [2.05, 4.69) is 31.2 Å². The summed E-state index contributed by atoms with van der Waals surface area (Å²) in [6, 6.07) is 7.29. The zero-order valence-electron chi connectivity index (χ0n) is 7.55. The molecule has 0 unspecified atom stereocenters. The molecular formula is C8H7ClN6. The predicted octanol–water partition coefficient (Wildman–Crippen LogP) is 1.30. The molecule has 0 radical (unpaired) electrons. The van der Waals surface area contributed by atoms with E-state index in [0.29, 0.717) is 11.0 Å². The summed E-state index contributed by atoms with van der Waals surface area (Å²) in [5.74, 6) is 0.389. The molecule has 1 aromatic heterocycles. The number of benzene rings is 1. The van der Waals surface area contributed by atoms with Crippen LogP contribution in [0.5, 0.6) is 0 Å². The van der Waals surface area contributed by atoms with E-state index < -0.39 is 0 Å². The van der Waals surface area contributed by atoms with E-state index in [1.807, 2.05) is 12.1 Å². The van der Waals surface area contributed by atoms with Crippen LogP contribution in [0.15, 0.2) is 29.4 Å². The Morgan fingerprint density at radius 1 is 1.33 bits per heavy atom. The average molecular weight is 223 g/mol. The standard InChI is InChI=1S/C8H7ClN6/c9-7-3-1-6(2-4-7)5-10-11-8-12-14-15-13-8/h1-5H,(H2,11,12,13,14,15)/b10-5+. The van der Waals surface area contributed by atoms with Crippen LogP contribution in [-0.2, 0) is 0 Å². The number of tetrazole rings is 1. The molecule has 0 saturated heterocycles. The number of hydrogen-bond donors (Lipinski definition) is 2. The van der Waals surface area contributed by atoms with Crippen molar-refractivity contribution >= 4 is 23.8 Å². The molecule has 2 aromatic rings. The Balaban J connectivity index is 1.97. The van der Waals surface area contributed by atoms with E-state index in [9.17, 15) is 0 Å². The van der Waals surface area contributed by atoms with Gasteiger partial charge in [0.1, 0.15) is 0 Å². The van der Waals surface area contributed by atoms with Crippen LogP contribution in [0.2, 0.25) is 5.02 Å². The lowest BCUT2D eigenvalue weighted by Crippen LogP contribution is -1.92. The fourth-order valence-corrected chi connectivity index (χ4v) is 1.05. The molecule has 2 rings (SSSR count). The number of aromatic nitrogens is 4. The molecule has 7 heteroatoms. The molecule has 0 aliphatic heterocycles. The maximum Gasteiger partial charge on any atom is 0.260 e. The van der Waals surface area contributed by atoms with Gasteiger partial charge < -0.3 is 0 Å². The van der Waals surface area contributed by atoms with Crippen molar-refractivity contribution in [3.05, 3.63) is 34.9 Å². The lowest BCUT2D eigenvalue weighted by atomic mass is 10.2. The summed E-state index contributed by atoms with van der Waals surface area (Å²) in [5, 5.41) is 17.5. The van der Waals surface area contributed by atoms with E-state index in [-0.39, 0.29) is 0 Å². The summed E-state index contributed by atoms with van der Waals surface area (Å²) in [5.41, 5.74) is 3.56. The number of halogens is 1. The van der Waals surface area contributed by atoms with Gasteiger partial charge in [-0.15, -0.1) is 0 Å². The van der Waals surface area contributed by atoms with Gasteiger partial charge in [-0.3, -0.25) is 0 Å². The summed E-state index contributed by atoms with van der Waals surface area (Å²) >= 11 is 5.74. The van der Waals surface area contributed by atoms with Crippen LogP contribution in [0.3, 0.4) is 0 Å². The topological polar surface area (TPSA) is 78.8 Å². The highest BCUT2D eigenvalue weighted by atomic mass is 35.5. The summed E-state index contributed by atoms with van der Waals surface area (Å²) < 4.78 is 0. The summed E-state index contributed by atoms with van der Waals surface area (Å²) in [4.78, 5) is 0. The molecule has 0 spiro atoms. The van der Waals surface area contributed by atoms with Gasteiger partial charge in [0.2, 0.25) is 0 Å². The minimum absolute atomic E-state index is 0.389. The Hall–Kier alpha value is -1.95. The molecule has 0 fully saturated rings. The Labute approximate surface area is 90.3 Å². The maximum atomic E-state index is 5.74. The predicted molar refractivity (Wildman–Crippen MR) is 56.8 cm³/mol. The van der Waals surface area contributed by atoms with Crippen molar-refractivity contribution in [1.82, 2.24) is 20.6 Å². The molecule has 0 aliphatic rings. The fourth-order valence-electron chi connectivity index (χ4n) is 0.923. The molecule has 15 heavy (non-hydrogen) atoms. The van der Waals surface area contributed by atoms with Gasteiger partial charge in [-0.25, -0.2) is 10.5 Å². The van der Waals surface area contributed by atoms with Crippen molar-refractivity contribution in [3.8, 4) is 0 Å². The van der Waals surface area contributed by atoms with Crippen molar-refractivity contribution in [1.29, 1.82) is 0 Å². The number of H-pyrrole nitrogens is 1. The lowest BCUT2D eigenvalue weighted by Gasteiger charge is -1.93. The van der Waals surface area contributed by atoms with Crippen molar-refractivity contribution in [2.75, 3.05) is 5.43 Å². The second-order valence-corrected chi connectivity index (χ2v) is 3.11. The number of aromatic amines is 1. The van der Waals surface area contributed by atoms with Gasteiger partial charge in [0.15, 0.2) is 0 Å².